The van der Waals surface area contributed by atoms with Crippen LogP contribution in [-0.4, -0.2) is 40.8 Å². The summed E-state index contributed by atoms with van der Waals surface area (Å²) in [6, 6.07) is 17.4. The number of carbonyl (C=O) groups excluding carboxylic acids is 1. The molecule has 2 aromatic carbocycles. The fraction of sp³-hybridized carbons (Fsp3) is 0.385. The Kier molecular flexibility index (Phi) is 7.83. The van der Waals surface area contributed by atoms with Crippen LogP contribution in [0.2, 0.25) is 0 Å². The molecule has 0 unspecified atom stereocenters. The predicted molar refractivity (Wildman–Crippen MR) is 133 cm³/mol. The van der Waals surface area contributed by atoms with Crippen LogP contribution in [0.5, 0.6) is 0 Å². The first kappa shape index (κ1) is 23.5. The Bertz CT molecular complexity index is 1110. The first-order chi connectivity index (χ1) is 16.0. The molecule has 0 spiro atoms. The molecule has 1 N–H and O–H groups in total. The molecule has 3 aromatic rings. The van der Waals surface area contributed by atoms with Gasteiger partial charge in [-0.2, -0.15) is 0 Å². The molecule has 4 rings (SSSR count). The summed E-state index contributed by atoms with van der Waals surface area (Å²) in [5, 5.41) is 3.28. The second-order valence-electron chi connectivity index (χ2n) is 8.68. The topological polar surface area (TPSA) is 67.3 Å². The highest BCUT2D eigenvalue weighted by Gasteiger charge is 2.21. The number of ether oxygens (including phenoxy) is 1. The molecule has 0 radical (unpaired) electrons. The lowest BCUT2D eigenvalue weighted by atomic mass is 9.90. The van der Waals surface area contributed by atoms with Crippen LogP contribution in [-0.2, 0) is 17.7 Å². The van der Waals surface area contributed by atoms with Gasteiger partial charge in [-0.3, -0.25) is 14.8 Å². The number of nitrogens with zero attached hydrogens (tertiary/aromatic N) is 2. The van der Waals surface area contributed by atoms with E-state index in [1.807, 2.05) is 54.6 Å². The molecule has 7 heteroatoms. The van der Waals surface area contributed by atoms with Gasteiger partial charge in [0.1, 0.15) is 4.47 Å². The third kappa shape index (κ3) is 5.84. The summed E-state index contributed by atoms with van der Waals surface area (Å²) in [6.45, 7) is 2.84. The number of rotatable bonds is 8. The largest absolute Gasteiger partial charge is 0.465 e. The number of aromatic amines is 1. The Labute approximate surface area is 202 Å². The van der Waals surface area contributed by atoms with Crippen LogP contribution in [0.15, 0.2) is 63.9 Å². The van der Waals surface area contributed by atoms with Gasteiger partial charge in [-0.15, -0.1) is 0 Å². The van der Waals surface area contributed by atoms with Crippen molar-refractivity contribution in [3.63, 3.8) is 0 Å². The van der Waals surface area contributed by atoms with E-state index in [0.717, 1.165) is 49.8 Å². The first-order valence-corrected chi connectivity index (χ1v) is 12.3. The smallest absolute Gasteiger partial charge is 0.337 e. The van der Waals surface area contributed by atoms with Gasteiger partial charge in [0.05, 0.1) is 24.1 Å². The summed E-state index contributed by atoms with van der Waals surface area (Å²) in [5.74, 6) is 0.452. The van der Waals surface area contributed by atoms with Gasteiger partial charge in [-0.05, 0) is 90.4 Å². The van der Waals surface area contributed by atoms with Gasteiger partial charge < -0.3 is 4.74 Å². The number of nitrogens with one attached hydrogen (secondary N) is 1. The van der Waals surface area contributed by atoms with E-state index < -0.39 is 0 Å². The molecule has 1 aliphatic heterocycles. The number of aryl methyl sites for hydroxylation is 1. The van der Waals surface area contributed by atoms with E-state index >= 15 is 0 Å². The maximum atomic E-state index is 12.6. The van der Waals surface area contributed by atoms with E-state index in [1.165, 1.54) is 31.9 Å². The number of aromatic nitrogens is 2. The van der Waals surface area contributed by atoms with E-state index in [0.29, 0.717) is 10.0 Å². The summed E-state index contributed by atoms with van der Waals surface area (Å²) >= 11 is 3.49. The molecule has 1 aliphatic rings. The number of carbonyl (C=O) groups is 1. The van der Waals surface area contributed by atoms with Crippen molar-refractivity contribution in [1.29, 1.82) is 0 Å². The highest BCUT2D eigenvalue weighted by Crippen LogP contribution is 2.25. The first-order valence-electron chi connectivity index (χ1n) is 11.5. The van der Waals surface area contributed by atoms with E-state index in [9.17, 15) is 9.59 Å². The molecule has 0 bridgehead atoms. The van der Waals surface area contributed by atoms with E-state index in [2.05, 4.69) is 25.9 Å². The van der Waals surface area contributed by atoms with Crippen LogP contribution in [0.3, 0.4) is 0 Å². The van der Waals surface area contributed by atoms with Crippen molar-refractivity contribution in [2.24, 2.45) is 5.92 Å². The fourth-order valence-corrected chi connectivity index (χ4v) is 4.89. The SMILES string of the molecule is COC(=O)c1ccc(CCCC2CCN(Cc3[nH]n(-c4ccccc4)c(=O)c3Br)CC2)cc1. The van der Waals surface area contributed by atoms with E-state index in [1.54, 1.807) is 4.68 Å². The molecule has 1 fully saturated rings. The van der Waals surface area contributed by atoms with Gasteiger partial charge in [0.15, 0.2) is 0 Å². The lowest BCUT2D eigenvalue weighted by Crippen LogP contribution is -2.33. The maximum absolute atomic E-state index is 12.6. The quantitative estimate of drug-likeness (QED) is 0.434. The Balaban J connectivity index is 1.24. The predicted octanol–water partition coefficient (Wildman–Crippen LogP) is 4.95. The number of halogens is 1. The number of para-hydroxylation sites is 1. The summed E-state index contributed by atoms with van der Waals surface area (Å²) in [4.78, 5) is 26.6. The number of H-pyrrole nitrogens is 1. The lowest BCUT2D eigenvalue weighted by molar-refractivity contribution is 0.0600. The maximum Gasteiger partial charge on any atom is 0.337 e. The number of piperidine rings is 1. The Hall–Kier alpha value is -2.64. The number of hydrogen-bond donors (Lipinski definition) is 1. The number of methoxy groups -OCH3 is 1. The summed E-state index contributed by atoms with van der Waals surface area (Å²) < 4.78 is 6.97. The molecule has 0 saturated carbocycles. The third-order valence-electron chi connectivity index (χ3n) is 6.46. The van der Waals surface area contributed by atoms with Crippen molar-refractivity contribution >= 4 is 21.9 Å². The second-order valence-corrected chi connectivity index (χ2v) is 9.47. The Morgan fingerprint density at radius 3 is 2.45 bits per heavy atom. The van der Waals surface area contributed by atoms with Crippen molar-refractivity contribution in [1.82, 2.24) is 14.7 Å². The van der Waals surface area contributed by atoms with Gasteiger partial charge in [0.25, 0.3) is 5.56 Å². The number of hydrogen-bond acceptors (Lipinski definition) is 4. The van der Waals surface area contributed by atoms with Crippen molar-refractivity contribution in [2.75, 3.05) is 20.2 Å². The fourth-order valence-electron chi connectivity index (χ4n) is 4.50. The standard InChI is InChI=1S/C26H30BrN3O3/c1-33-26(32)21-12-10-19(11-13-21)6-5-7-20-14-16-29(17-15-20)18-23-24(27)25(31)30(28-23)22-8-3-2-4-9-22/h2-4,8-13,20,28H,5-7,14-18H2,1H3. The zero-order chi connectivity index (χ0) is 23.2. The van der Waals surface area contributed by atoms with Crippen LogP contribution in [0.1, 0.15) is 47.3 Å². The van der Waals surface area contributed by atoms with E-state index in [-0.39, 0.29) is 11.5 Å². The minimum atomic E-state index is -0.291. The monoisotopic (exact) mass is 511 g/mol. The minimum Gasteiger partial charge on any atom is -0.465 e. The molecular formula is C26H30BrN3O3. The van der Waals surface area contributed by atoms with Crippen molar-refractivity contribution in [3.05, 3.63) is 86.2 Å². The van der Waals surface area contributed by atoms with Gasteiger partial charge >= 0.3 is 5.97 Å². The molecule has 2 heterocycles. The molecule has 1 aromatic heterocycles. The molecule has 0 amide bonds. The van der Waals surface area contributed by atoms with Crippen LogP contribution in [0.4, 0.5) is 0 Å². The lowest BCUT2D eigenvalue weighted by Gasteiger charge is -2.31. The molecule has 1 saturated heterocycles. The average molecular weight is 512 g/mol. The van der Waals surface area contributed by atoms with Crippen LogP contribution in [0, 0.1) is 5.92 Å². The Morgan fingerprint density at radius 1 is 1.09 bits per heavy atom. The molecule has 6 nitrogen and oxygen atoms in total. The summed E-state index contributed by atoms with van der Waals surface area (Å²) in [6.07, 6.45) is 5.77. The average Bonchev–Trinajstić information content (AvgIpc) is 3.14. The molecular weight excluding hydrogens is 482 g/mol. The van der Waals surface area contributed by atoms with E-state index in [4.69, 9.17) is 4.74 Å². The highest BCUT2D eigenvalue weighted by molar-refractivity contribution is 9.10. The third-order valence-corrected chi connectivity index (χ3v) is 7.28. The number of esters is 1. The number of benzene rings is 2. The zero-order valence-electron chi connectivity index (χ0n) is 18.9. The molecule has 33 heavy (non-hydrogen) atoms. The summed E-state index contributed by atoms with van der Waals surface area (Å²) in [7, 11) is 1.40. The van der Waals surface area contributed by atoms with Gasteiger partial charge in [-0.1, -0.05) is 36.8 Å². The van der Waals surface area contributed by atoms with Gasteiger partial charge in [0.2, 0.25) is 0 Å². The van der Waals surface area contributed by atoms with Crippen molar-refractivity contribution in [2.45, 2.75) is 38.6 Å². The molecule has 0 atom stereocenters. The van der Waals surface area contributed by atoms with Crippen LogP contribution < -0.4 is 5.56 Å². The second kappa shape index (κ2) is 11.0. The number of likely N-dealkylation sites (tertiary alicyclic amines) is 1. The normalized spacial score (nSPS) is 15.0. The van der Waals surface area contributed by atoms with Crippen LogP contribution >= 0.6 is 15.9 Å². The van der Waals surface area contributed by atoms with Gasteiger partial charge in [0, 0.05) is 6.54 Å². The zero-order valence-corrected chi connectivity index (χ0v) is 20.5. The summed E-state index contributed by atoms with van der Waals surface area (Å²) in [5.41, 5.74) is 3.58. The highest BCUT2D eigenvalue weighted by atomic mass is 79.9. The van der Waals surface area contributed by atoms with Gasteiger partial charge in [-0.25, -0.2) is 9.48 Å². The molecule has 0 aliphatic carbocycles. The minimum absolute atomic E-state index is 0.0503. The van der Waals surface area contributed by atoms with Crippen LogP contribution in [0.25, 0.3) is 5.69 Å². The Morgan fingerprint density at radius 2 is 1.79 bits per heavy atom. The van der Waals surface area contributed by atoms with Crippen molar-refractivity contribution in [3.8, 4) is 5.69 Å². The molecule has 174 valence electrons. The van der Waals surface area contributed by atoms with Crippen molar-refractivity contribution < 1.29 is 9.53 Å².